The van der Waals surface area contributed by atoms with E-state index >= 15 is 0 Å². The van der Waals surface area contributed by atoms with Crippen molar-refractivity contribution in [3.05, 3.63) is 59.2 Å². The molecule has 1 N–H and O–H groups in total. The molecule has 0 bridgehead atoms. The Morgan fingerprint density at radius 3 is 2.83 bits per heavy atom. The number of hydrogen-bond acceptors (Lipinski definition) is 1. The van der Waals surface area contributed by atoms with Gasteiger partial charge in [-0.25, -0.2) is 0 Å². The number of nitrogens with one attached hydrogen (secondary N) is 1. The maximum Gasteiger partial charge on any atom is 0.0422 e. The van der Waals surface area contributed by atoms with Crippen molar-refractivity contribution in [1.82, 2.24) is 0 Å². The Hall–Kier alpha value is -2.02. The molecule has 2 aromatic rings. The quantitative estimate of drug-likeness (QED) is 0.738. The van der Waals surface area contributed by atoms with Crippen LogP contribution in [0.4, 0.5) is 5.69 Å². The van der Waals surface area contributed by atoms with Crippen LogP contribution in [0.15, 0.2) is 48.1 Å². The minimum absolute atomic E-state index is 0.653. The molecule has 1 heteroatoms. The van der Waals surface area contributed by atoms with Crippen molar-refractivity contribution in [3.63, 3.8) is 0 Å². The predicted octanol–water partition coefficient (Wildman–Crippen LogP) is 5.96. The van der Waals surface area contributed by atoms with Gasteiger partial charge in [0.05, 0.1) is 0 Å². The van der Waals surface area contributed by atoms with E-state index in [1.54, 1.807) is 11.1 Å². The summed E-state index contributed by atoms with van der Waals surface area (Å²) in [6.45, 7) is 5.55. The maximum absolute atomic E-state index is 3.68. The first kappa shape index (κ1) is 14.6. The molecule has 118 valence electrons. The van der Waals surface area contributed by atoms with Gasteiger partial charge in [-0.1, -0.05) is 55.8 Å². The van der Waals surface area contributed by atoms with Gasteiger partial charge in [-0.05, 0) is 59.8 Å². The van der Waals surface area contributed by atoms with Crippen LogP contribution in [-0.4, -0.2) is 6.54 Å². The second kappa shape index (κ2) is 5.88. The Bertz CT molecular complexity index is 808. The highest BCUT2D eigenvalue weighted by molar-refractivity contribution is 6.01. The first-order valence-electron chi connectivity index (χ1n) is 8.91. The molecule has 2 aliphatic rings. The lowest BCUT2D eigenvalue weighted by molar-refractivity contribution is 0.689. The normalized spacial score (nSPS) is 16.7. The lowest BCUT2D eigenvalue weighted by Gasteiger charge is -2.26. The third kappa shape index (κ3) is 2.59. The summed E-state index contributed by atoms with van der Waals surface area (Å²) in [6, 6.07) is 11.3. The fraction of sp³-hybridized carbons (Fsp3) is 0.364. The Morgan fingerprint density at radius 1 is 1.04 bits per heavy atom. The average molecular weight is 303 g/mol. The third-order valence-corrected chi connectivity index (χ3v) is 5.10. The van der Waals surface area contributed by atoms with Crippen LogP contribution in [0, 0.1) is 5.92 Å². The summed E-state index contributed by atoms with van der Waals surface area (Å²) in [5.41, 5.74) is 7.47. The molecule has 0 unspecified atom stereocenters. The van der Waals surface area contributed by atoms with Crippen LogP contribution in [0.3, 0.4) is 0 Å². The van der Waals surface area contributed by atoms with E-state index in [0.717, 1.165) is 6.54 Å². The van der Waals surface area contributed by atoms with Gasteiger partial charge in [0.25, 0.3) is 0 Å². The molecule has 0 atom stereocenters. The molecule has 0 radical (unpaired) electrons. The first-order valence-corrected chi connectivity index (χ1v) is 8.91. The molecule has 23 heavy (non-hydrogen) atoms. The van der Waals surface area contributed by atoms with Gasteiger partial charge in [0.2, 0.25) is 0 Å². The van der Waals surface area contributed by atoms with Crippen LogP contribution >= 0.6 is 0 Å². The Labute approximate surface area is 139 Å². The number of allylic oxidation sites excluding steroid dienone is 4. The highest BCUT2D eigenvalue weighted by Crippen LogP contribution is 2.41. The number of anilines is 1. The van der Waals surface area contributed by atoms with Crippen LogP contribution in [0.1, 0.15) is 44.2 Å². The summed E-state index contributed by atoms with van der Waals surface area (Å²) >= 11 is 0. The average Bonchev–Trinajstić information content (AvgIpc) is 2.59. The molecular formula is C22H25N. The molecule has 0 aromatic heterocycles. The molecule has 1 nitrogen and oxygen atoms in total. The van der Waals surface area contributed by atoms with E-state index in [2.05, 4.69) is 61.6 Å². The monoisotopic (exact) mass is 303 g/mol. The molecule has 2 aliphatic carbocycles. The lowest BCUT2D eigenvalue weighted by atomic mass is 9.79. The zero-order valence-electron chi connectivity index (χ0n) is 14.2. The van der Waals surface area contributed by atoms with Crippen LogP contribution in [0.2, 0.25) is 0 Å². The van der Waals surface area contributed by atoms with Crippen LogP contribution in [0.5, 0.6) is 0 Å². The van der Waals surface area contributed by atoms with Gasteiger partial charge < -0.3 is 5.32 Å². The van der Waals surface area contributed by atoms with E-state index in [9.17, 15) is 0 Å². The van der Waals surface area contributed by atoms with Crippen molar-refractivity contribution in [1.29, 1.82) is 0 Å². The van der Waals surface area contributed by atoms with Crippen molar-refractivity contribution in [3.8, 4) is 0 Å². The van der Waals surface area contributed by atoms with E-state index in [0.29, 0.717) is 5.92 Å². The van der Waals surface area contributed by atoms with Gasteiger partial charge in [0, 0.05) is 17.6 Å². The minimum atomic E-state index is 0.653. The number of benzene rings is 2. The van der Waals surface area contributed by atoms with E-state index in [1.807, 2.05) is 0 Å². The SMILES string of the molecule is CC(C)CNc1cccc2ccc3c(c12)CCC1=C3C=CCC1. The summed E-state index contributed by atoms with van der Waals surface area (Å²) in [5.74, 6) is 0.653. The van der Waals surface area contributed by atoms with Gasteiger partial charge in [0.15, 0.2) is 0 Å². The Morgan fingerprint density at radius 2 is 1.96 bits per heavy atom. The Kier molecular flexibility index (Phi) is 3.72. The molecule has 0 heterocycles. The van der Waals surface area contributed by atoms with E-state index in [4.69, 9.17) is 0 Å². The summed E-state index contributed by atoms with van der Waals surface area (Å²) in [7, 11) is 0. The number of fused-ring (bicyclic) bond motifs is 4. The summed E-state index contributed by atoms with van der Waals surface area (Å²) < 4.78 is 0. The van der Waals surface area contributed by atoms with Crippen molar-refractivity contribution >= 4 is 22.0 Å². The fourth-order valence-corrected chi connectivity index (χ4v) is 3.95. The second-order valence-electron chi connectivity index (χ2n) is 7.23. The molecule has 0 spiro atoms. The Balaban J connectivity index is 1.88. The van der Waals surface area contributed by atoms with Gasteiger partial charge in [-0.3, -0.25) is 0 Å². The predicted molar refractivity (Wildman–Crippen MR) is 101 cm³/mol. The lowest BCUT2D eigenvalue weighted by Crippen LogP contribution is -2.11. The third-order valence-electron chi connectivity index (χ3n) is 5.10. The van der Waals surface area contributed by atoms with Crippen molar-refractivity contribution < 1.29 is 0 Å². The topological polar surface area (TPSA) is 12.0 Å². The highest BCUT2D eigenvalue weighted by atomic mass is 14.9. The molecule has 0 saturated heterocycles. The first-order chi connectivity index (χ1) is 11.2. The summed E-state index contributed by atoms with van der Waals surface area (Å²) in [4.78, 5) is 0. The van der Waals surface area contributed by atoms with Gasteiger partial charge >= 0.3 is 0 Å². The minimum Gasteiger partial charge on any atom is -0.384 e. The van der Waals surface area contributed by atoms with Crippen molar-refractivity contribution in [2.24, 2.45) is 5.92 Å². The smallest absolute Gasteiger partial charge is 0.0422 e. The zero-order valence-corrected chi connectivity index (χ0v) is 14.2. The molecule has 4 rings (SSSR count). The standard InChI is InChI=1S/C22H25N/c1-15(2)14-23-21-9-5-7-17-11-12-19-18-8-4-3-6-16(18)10-13-20(19)22(17)21/h4-5,7-9,11-12,15,23H,3,6,10,13-14H2,1-2H3. The molecule has 2 aromatic carbocycles. The molecule has 0 amide bonds. The van der Waals surface area contributed by atoms with Crippen LogP contribution < -0.4 is 5.32 Å². The second-order valence-corrected chi connectivity index (χ2v) is 7.23. The molecular weight excluding hydrogens is 278 g/mol. The van der Waals surface area contributed by atoms with E-state index in [1.165, 1.54) is 53.3 Å². The highest BCUT2D eigenvalue weighted by Gasteiger charge is 2.21. The maximum atomic E-state index is 3.68. The fourth-order valence-electron chi connectivity index (χ4n) is 3.95. The van der Waals surface area contributed by atoms with Crippen molar-refractivity contribution in [2.75, 3.05) is 11.9 Å². The molecule has 0 fully saturated rings. The molecule has 0 aliphatic heterocycles. The summed E-state index contributed by atoms with van der Waals surface area (Å²) in [6.07, 6.45) is 9.55. The zero-order chi connectivity index (χ0) is 15.8. The van der Waals surface area contributed by atoms with E-state index < -0.39 is 0 Å². The van der Waals surface area contributed by atoms with Gasteiger partial charge in [0.1, 0.15) is 0 Å². The van der Waals surface area contributed by atoms with Crippen LogP contribution in [-0.2, 0) is 6.42 Å². The molecule has 0 saturated carbocycles. The van der Waals surface area contributed by atoms with Gasteiger partial charge in [-0.15, -0.1) is 0 Å². The van der Waals surface area contributed by atoms with Crippen LogP contribution in [0.25, 0.3) is 16.3 Å². The number of rotatable bonds is 3. The number of aryl methyl sites for hydroxylation is 1. The largest absolute Gasteiger partial charge is 0.384 e. The number of hydrogen-bond donors (Lipinski definition) is 1. The summed E-state index contributed by atoms with van der Waals surface area (Å²) in [5, 5.41) is 6.48. The van der Waals surface area contributed by atoms with Crippen molar-refractivity contribution in [2.45, 2.75) is 39.5 Å². The van der Waals surface area contributed by atoms with Gasteiger partial charge in [-0.2, -0.15) is 0 Å². The van der Waals surface area contributed by atoms with E-state index in [-0.39, 0.29) is 0 Å².